The van der Waals surface area contributed by atoms with E-state index in [9.17, 15) is 9.90 Å². The van der Waals surface area contributed by atoms with E-state index in [4.69, 9.17) is 17.2 Å². The predicted octanol–water partition coefficient (Wildman–Crippen LogP) is 0.700. The molecule has 0 aliphatic heterocycles. The molecule has 1 fully saturated rings. The van der Waals surface area contributed by atoms with Gasteiger partial charge in [0.2, 0.25) is 0 Å². The molecule has 0 aromatic rings. The van der Waals surface area contributed by atoms with E-state index in [-0.39, 0.29) is 0 Å². The molecule has 0 radical (unpaired) electrons. The fraction of sp³-hybridized carbons (Fsp3) is 0.929. The normalized spacial score (nSPS) is 21.2. The molecule has 118 valence electrons. The van der Waals surface area contributed by atoms with Crippen molar-refractivity contribution in [2.75, 3.05) is 6.54 Å². The van der Waals surface area contributed by atoms with Crippen LogP contribution in [-0.2, 0) is 4.79 Å². The fourth-order valence-corrected chi connectivity index (χ4v) is 3.14. The Labute approximate surface area is 121 Å². The van der Waals surface area contributed by atoms with Crippen molar-refractivity contribution in [2.45, 2.75) is 69.6 Å². The van der Waals surface area contributed by atoms with Gasteiger partial charge in [0.15, 0.2) is 0 Å². The van der Waals surface area contributed by atoms with Gasteiger partial charge in [0, 0.05) is 5.54 Å². The fourth-order valence-electron chi connectivity index (χ4n) is 3.14. The summed E-state index contributed by atoms with van der Waals surface area (Å²) < 4.78 is 0. The minimum absolute atomic E-state index is 0.476. The Morgan fingerprint density at radius 3 is 2.20 bits per heavy atom. The third kappa shape index (κ3) is 5.75. The minimum Gasteiger partial charge on any atom is -0.481 e. The van der Waals surface area contributed by atoms with Crippen molar-refractivity contribution < 1.29 is 9.90 Å². The summed E-state index contributed by atoms with van der Waals surface area (Å²) in [5, 5.41) is 12.4. The van der Waals surface area contributed by atoms with E-state index in [0.29, 0.717) is 13.0 Å². The zero-order chi connectivity index (χ0) is 15.0. The first kappa shape index (κ1) is 17.4. The highest BCUT2D eigenvalue weighted by Crippen LogP contribution is 2.33. The molecule has 1 rings (SSSR count). The maximum absolute atomic E-state index is 11.6. The van der Waals surface area contributed by atoms with E-state index in [1.54, 1.807) is 0 Å². The summed E-state index contributed by atoms with van der Waals surface area (Å²) in [4.78, 5) is 11.6. The van der Waals surface area contributed by atoms with Crippen LogP contribution in [0.5, 0.6) is 0 Å². The second kappa shape index (κ2) is 8.56. The Morgan fingerprint density at radius 1 is 1.15 bits per heavy atom. The molecule has 0 aromatic heterocycles. The molecule has 0 saturated heterocycles. The minimum atomic E-state index is -0.773. The summed E-state index contributed by atoms with van der Waals surface area (Å²) in [5.41, 5.74) is 16.7. The summed E-state index contributed by atoms with van der Waals surface area (Å²) in [6.45, 7) is 0.623. The number of rotatable bonds is 7. The Hall–Kier alpha value is -0.690. The number of hydrogen-bond donors (Lipinski definition) is 5. The second-order valence-electron chi connectivity index (χ2n) is 6.01. The third-order valence-corrected chi connectivity index (χ3v) is 4.33. The van der Waals surface area contributed by atoms with Crippen LogP contribution in [0.3, 0.4) is 0 Å². The molecule has 1 aliphatic carbocycles. The van der Waals surface area contributed by atoms with Gasteiger partial charge >= 0.3 is 5.97 Å². The average molecular weight is 286 g/mol. The van der Waals surface area contributed by atoms with Gasteiger partial charge in [-0.2, -0.15) is 0 Å². The van der Waals surface area contributed by atoms with E-state index in [1.165, 1.54) is 6.42 Å². The maximum Gasteiger partial charge on any atom is 0.308 e. The van der Waals surface area contributed by atoms with Crippen molar-refractivity contribution in [3.05, 3.63) is 0 Å². The van der Waals surface area contributed by atoms with Crippen molar-refractivity contribution in [2.24, 2.45) is 23.1 Å². The summed E-state index contributed by atoms with van der Waals surface area (Å²) in [6, 6.07) is 0. The lowest BCUT2D eigenvalue weighted by Crippen LogP contribution is -2.51. The van der Waals surface area contributed by atoms with Crippen LogP contribution in [0.15, 0.2) is 0 Å². The maximum atomic E-state index is 11.6. The van der Waals surface area contributed by atoms with Crippen LogP contribution < -0.4 is 22.5 Å². The highest BCUT2D eigenvalue weighted by molar-refractivity contribution is 5.71. The standard InChI is InChI=1S/C14H30N4O2/c15-13(16)18-10-6-7-11(12(19)20)14(17)8-4-2-1-3-5-9-14/h11,13,18H,1-10,15-17H2,(H,19,20). The molecule has 8 N–H and O–H groups in total. The highest BCUT2D eigenvalue weighted by Gasteiger charge is 2.38. The SMILES string of the molecule is NC(N)NCCCC(C(=O)O)C1(N)CCCCCCC1. The number of carbonyl (C=O) groups is 1. The first-order valence-electron chi connectivity index (χ1n) is 7.72. The monoisotopic (exact) mass is 286 g/mol. The van der Waals surface area contributed by atoms with Crippen LogP contribution in [0.1, 0.15) is 57.8 Å². The summed E-state index contributed by atoms with van der Waals surface area (Å²) in [5.74, 6) is -1.25. The molecule has 1 aliphatic rings. The van der Waals surface area contributed by atoms with E-state index < -0.39 is 23.7 Å². The van der Waals surface area contributed by atoms with Gasteiger partial charge in [0.05, 0.1) is 5.92 Å². The number of nitrogens with two attached hydrogens (primary N) is 3. The van der Waals surface area contributed by atoms with Crippen molar-refractivity contribution >= 4 is 5.97 Å². The van der Waals surface area contributed by atoms with E-state index in [2.05, 4.69) is 5.32 Å². The van der Waals surface area contributed by atoms with Crippen LogP contribution in [0, 0.1) is 5.92 Å². The van der Waals surface area contributed by atoms with E-state index >= 15 is 0 Å². The van der Waals surface area contributed by atoms with Crippen LogP contribution in [0.4, 0.5) is 0 Å². The Bertz CT molecular complexity index is 289. The lowest BCUT2D eigenvalue weighted by Gasteiger charge is -2.37. The van der Waals surface area contributed by atoms with Crippen molar-refractivity contribution in [3.63, 3.8) is 0 Å². The molecule has 0 heterocycles. The molecular weight excluding hydrogens is 256 g/mol. The lowest BCUT2D eigenvalue weighted by molar-refractivity contribution is -0.145. The topological polar surface area (TPSA) is 127 Å². The molecule has 0 aromatic carbocycles. The van der Waals surface area contributed by atoms with Crippen molar-refractivity contribution in [1.29, 1.82) is 0 Å². The Morgan fingerprint density at radius 2 is 1.70 bits per heavy atom. The molecule has 6 heteroatoms. The highest BCUT2D eigenvalue weighted by atomic mass is 16.4. The van der Waals surface area contributed by atoms with Gasteiger partial charge in [0.25, 0.3) is 0 Å². The molecule has 6 nitrogen and oxygen atoms in total. The predicted molar refractivity (Wildman–Crippen MR) is 79.8 cm³/mol. The Balaban J connectivity index is 2.55. The third-order valence-electron chi connectivity index (χ3n) is 4.33. The van der Waals surface area contributed by atoms with Crippen molar-refractivity contribution in [3.8, 4) is 0 Å². The van der Waals surface area contributed by atoms with Gasteiger partial charge in [-0.1, -0.05) is 32.1 Å². The zero-order valence-corrected chi connectivity index (χ0v) is 12.3. The number of nitrogens with one attached hydrogen (secondary N) is 1. The van der Waals surface area contributed by atoms with Crippen LogP contribution >= 0.6 is 0 Å². The smallest absolute Gasteiger partial charge is 0.308 e. The van der Waals surface area contributed by atoms with Gasteiger partial charge < -0.3 is 22.3 Å². The quantitative estimate of drug-likeness (QED) is 0.346. The first-order chi connectivity index (χ1) is 9.46. The second-order valence-corrected chi connectivity index (χ2v) is 6.01. The molecule has 0 bridgehead atoms. The van der Waals surface area contributed by atoms with Gasteiger partial charge in [-0.3, -0.25) is 10.1 Å². The average Bonchev–Trinajstić information content (AvgIpc) is 2.33. The van der Waals surface area contributed by atoms with Gasteiger partial charge in [-0.05, 0) is 32.2 Å². The van der Waals surface area contributed by atoms with Crippen molar-refractivity contribution in [1.82, 2.24) is 5.32 Å². The molecule has 0 spiro atoms. The van der Waals surface area contributed by atoms with Crippen LogP contribution in [-0.4, -0.2) is 29.4 Å². The van der Waals surface area contributed by atoms with Gasteiger partial charge in [-0.15, -0.1) is 0 Å². The number of hydrogen-bond acceptors (Lipinski definition) is 5. The summed E-state index contributed by atoms with van der Waals surface area (Å²) >= 11 is 0. The molecule has 20 heavy (non-hydrogen) atoms. The van der Waals surface area contributed by atoms with E-state index in [1.807, 2.05) is 0 Å². The van der Waals surface area contributed by atoms with Gasteiger partial charge in [0.1, 0.15) is 6.29 Å². The van der Waals surface area contributed by atoms with Gasteiger partial charge in [-0.25, -0.2) is 0 Å². The number of aliphatic carboxylic acids is 1. The number of carboxylic acid groups (broad SMARTS) is 1. The number of carboxylic acids is 1. The molecule has 0 amide bonds. The molecular formula is C14H30N4O2. The van der Waals surface area contributed by atoms with E-state index in [0.717, 1.165) is 44.9 Å². The largest absolute Gasteiger partial charge is 0.481 e. The Kier molecular flexibility index (Phi) is 7.43. The first-order valence-corrected chi connectivity index (χ1v) is 7.72. The summed E-state index contributed by atoms with van der Waals surface area (Å²) in [7, 11) is 0. The zero-order valence-electron chi connectivity index (χ0n) is 12.3. The molecule has 1 saturated carbocycles. The van der Waals surface area contributed by atoms with Crippen LogP contribution in [0.2, 0.25) is 0 Å². The lowest BCUT2D eigenvalue weighted by atomic mass is 9.73. The summed E-state index contributed by atoms with van der Waals surface area (Å²) in [6.07, 6.45) is 8.01. The molecule has 1 unspecified atom stereocenters. The van der Waals surface area contributed by atoms with Crippen LogP contribution in [0.25, 0.3) is 0 Å². The molecule has 1 atom stereocenters.